The molecule has 6 heteroatoms. The summed E-state index contributed by atoms with van der Waals surface area (Å²) in [7, 11) is -0.380. The minimum absolute atomic E-state index is 0.349. The van der Waals surface area contributed by atoms with E-state index in [-0.39, 0.29) is 18.3 Å². The molecule has 1 N–H and O–H groups in total. The Morgan fingerprint density at radius 1 is 1.18 bits per heavy atom. The van der Waals surface area contributed by atoms with Gasteiger partial charge in [-0.1, -0.05) is 0 Å². The normalized spacial score (nSPS) is 30.1. The van der Waals surface area contributed by atoms with E-state index in [0.29, 0.717) is 6.54 Å². The minimum Gasteiger partial charge on any atom is -0.399 e. The van der Waals surface area contributed by atoms with Gasteiger partial charge in [0.25, 0.3) is 0 Å². The van der Waals surface area contributed by atoms with Crippen molar-refractivity contribution in [3.8, 4) is 0 Å². The molecule has 2 saturated heterocycles. The summed E-state index contributed by atoms with van der Waals surface area (Å²) in [6, 6.07) is 3.93. The van der Waals surface area contributed by atoms with Crippen LogP contribution in [0.3, 0.4) is 0 Å². The van der Waals surface area contributed by atoms with Crippen LogP contribution in [-0.4, -0.2) is 47.1 Å². The summed E-state index contributed by atoms with van der Waals surface area (Å²) in [5, 5.41) is 10.1. The number of nitrogens with zero attached hydrogens (tertiary/aromatic N) is 2. The van der Waals surface area contributed by atoms with Crippen LogP contribution in [0.5, 0.6) is 0 Å². The first-order chi connectivity index (χ1) is 10.1. The number of anilines is 1. The lowest BCUT2D eigenvalue weighted by molar-refractivity contribution is 0.00578. The highest BCUT2D eigenvalue weighted by Crippen LogP contribution is 2.36. The number of aromatic nitrogens is 1. The predicted molar refractivity (Wildman–Crippen MR) is 87.4 cm³/mol. The SMILES string of the molecule is CC1(C)OB(c2ccnc(N3CC[C@](C)(O)C3)c2)OC1(C)C. The summed E-state index contributed by atoms with van der Waals surface area (Å²) in [6.45, 7) is 11.5. The van der Waals surface area contributed by atoms with Crippen LogP contribution >= 0.6 is 0 Å². The Balaban J connectivity index is 1.81. The Labute approximate surface area is 132 Å². The van der Waals surface area contributed by atoms with Gasteiger partial charge in [0, 0.05) is 19.3 Å². The maximum Gasteiger partial charge on any atom is 0.495 e. The van der Waals surface area contributed by atoms with E-state index in [0.717, 1.165) is 24.2 Å². The Kier molecular flexibility index (Phi) is 3.55. The van der Waals surface area contributed by atoms with Crippen LogP contribution in [0, 0.1) is 0 Å². The zero-order valence-electron chi connectivity index (χ0n) is 14.1. The van der Waals surface area contributed by atoms with Gasteiger partial charge in [-0.05, 0) is 58.6 Å². The molecule has 0 aromatic carbocycles. The molecule has 0 spiro atoms. The van der Waals surface area contributed by atoms with Crippen molar-refractivity contribution in [3.63, 3.8) is 0 Å². The zero-order valence-corrected chi connectivity index (χ0v) is 14.1. The van der Waals surface area contributed by atoms with Gasteiger partial charge in [-0.3, -0.25) is 0 Å². The van der Waals surface area contributed by atoms with Crippen LogP contribution in [0.25, 0.3) is 0 Å². The Morgan fingerprint density at radius 2 is 1.82 bits per heavy atom. The van der Waals surface area contributed by atoms with E-state index in [9.17, 15) is 5.11 Å². The number of pyridine rings is 1. The average Bonchev–Trinajstić information content (AvgIpc) is 2.87. The number of aliphatic hydroxyl groups is 1. The molecule has 5 nitrogen and oxygen atoms in total. The van der Waals surface area contributed by atoms with Crippen molar-refractivity contribution in [3.05, 3.63) is 18.3 Å². The van der Waals surface area contributed by atoms with Crippen LogP contribution in [-0.2, 0) is 9.31 Å². The average molecular weight is 304 g/mol. The van der Waals surface area contributed by atoms with E-state index in [1.165, 1.54) is 0 Å². The van der Waals surface area contributed by atoms with Crippen LogP contribution in [0.4, 0.5) is 5.82 Å². The molecule has 3 heterocycles. The van der Waals surface area contributed by atoms with E-state index < -0.39 is 5.60 Å². The van der Waals surface area contributed by atoms with Gasteiger partial charge in [-0.2, -0.15) is 0 Å². The first-order valence-corrected chi connectivity index (χ1v) is 7.89. The predicted octanol–water partition coefficient (Wildman–Crippen LogP) is 1.34. The quantitative estimate of drug-likeness (QED) is 0.836. The first-order valence-electron chi connectivity index (χ1n) is 7.89. The molecule has 0 aliphatic carbocycles. The highest BCUT2D eigenvalue weighted by atomic mass is 16.7. The number of rotatable bonds is 2. The maximum absolute atomic E-state index is 10.1. The third kappa shape index (κ3) is 2.75. The minimum atomic E-state index is -0.637. The molecule has 2 aliphatic heterocycles. The van der Waals surface area contributed by atoms with E-state index in [4.69, 9.17) is 9.31 Å². The lowest BCUT2D eigenvalue weighted by Gasteiger charge is -2.32. The maximum atomic E-state index is 10.1. The number of β-amino-alcohol motifs (C(OH)–C–C–N with tert-alkyl or cyclic N) is 1. The zero-order chi connectivity index (χ0) is 16.2. The Hall–Kier alpha value is -1.11. The molecule has 0 amide bonds. The molecule has 0 radical (unpaired) electrons. The fraction of sp³-hybridized carbons (Fsp3) is 0.688. The highest BCUT2D eigenvalue weighted by Gasteiger charge is 2.51. The van der Waals surface area contributed by atoms with Gasteiger partial charge in [-0.25, -0.2) is 4.98 Å². The summed E-state index contributed by atoms with van der Waals surface area (Å²) >= 11 is 0. The van der Waals surface area contributed by atoms with E-state index >= 15 is 0 Å². The largest absolute Gasteiger partial charge is 0.495 e. The first kappa shape index (κ1) is 15.8. The van der Waals surface area contributed by atoms with Crippen LogP contribution in [0.15, 0.2) is 18.3 Å². The molecule has 2 aliphatic rings. The third-order valence-electron chi connectivity index (χ3n) is 5.07. The van der Waals surface area contributed by atoms with Crippen molar-refractivity contribution in [1.29, 1.82) is 0 Å². The summed E-state index contributed by atoms with van der Waals surface area (Å²) < 4.78 is 12.2. The topological polar surface area (TPSA) is 54.8 Å². The Bertz CT molecular complexity index is 558. The van der Waals surface area contributed by atoms with Crippen molar-refractivity contribution < 1.29 is 14.4 Å². The molecule has 0 bridgehead atoms. The van der Waals surface area contributed by atoms with Crippen molar-refractivity contribution in [2.45, 2.75) is 57.8 Å². The number of hydrogen-bond donors (Lipinski definition) is 1. The molecule has 1 atom stereocenters. The molecule has 120 valence electrons. The molecular weight excluding hydrogens is 279 g/mol. The van der Waals surface area contributed by atoms with E-state index in [2.05, 4.69) is 9.88 Å². The molecule has 0 saturated carbocycles. The highest BCUT2D eigenvalue weighted by molar-refractivity contribution is 6.62. The van der Waals surface area contributed by atoms with Gasteiger partial charge >= 0.3 is 7.12 Å². The van der Waals surface area contributed by atoms with Gasteiger partial charge in [-0.15, -0.1) is 0 Å². The second-order valence-electron chi connectivity index (χ2n) is 7.70. The molecule has 1 aromatic heterocycles. The second-order valence-corrected chi connectivity index (χ2v) is 7.70. The monoisotopic (exact) mass is 304 g/mol. The summed E-state index contributed by atoms with van der Waals surface area (Å²) in [6.07, 6.45) is 2.54. The van der Waals surface area contributed by atoms with Crippen LogP contribution < -0.4 is 10.4 Å². The van der Waals surface area contributed by atoms with Gasteiger partial charge in [0.1, 0.15) is 5.82 Å². The smallest absolute Gasteiger partial charge is 0.399 e. The molecular formula is C16H25BN2O3. The van der Waals surface area contributed by atoms with Crippen molar-refractivity contribution in [2.75, 3.05) is 18.0 Å². The van der Waals surface area contributed by atoms with Gasteiger partial charge < -0.3 is 19.3 Å². The summed E-state index contributed by atoms with van der Waals surface area (Å²) in [4.78, 5) is 6.54. The fourth-order valence-corrected chi connectivity index (χ4v) is 2.87. The van der Waals surface area contributed by atoms with Gasteiger partial charge in [0.05, 0.1) is 16.8 Å². The summed E-state index contributed by atoms with van der Waals surface area (Å²) in [5.74, 6) is 0.866. The molecule has 3 rings (SSSR count). The standard InChI is InChI=1S/C16H25BN2O3/c1-14(2)15(3,4)22-17(21-14)12-6-8-18-13(10-12)19-9-7-16(5,20)11-19/h6,8,10,20H,7,9,11H2,1-5H3/t16-/m0/s1. The molecule has 2 fully saturated rings. The second kappa shape index (κ2) is 4.95. The summed E-state index contributed by atoms with van der Waals surface area (Å²) in [5.41, 5.74) is -0.367. The number of hydrogen-bond acceptors (Lipinski definition) is 5. The van der Waals surface area contributed by atoms with E-state index in [1.54, 1.807) is 6.20 Å². The Morgan fingerprint density at radius 3 is 2.36 bits per heavy atom. The molecule has 0 unspecified atom stereocenters. The van der Waals surface area contributed by atoms with Crippen molar-refractivity contribution >= 4 is 18.4 Å². The van der Waals surface area contributed by atoms with Gasteiger partial charge in [0.2, 0.25) is 0 Å². The molecule has 22 heavy (non-hydrogen) atoms. The van der Waals surface area contributed by atoms with Gasteiger partial charge in [0.15, 0.2) is 0 Å². The van der Waals surface area contributed by atoms with Crippen molar-refractivity contribution in [1.82, 2.24) is 4.98 Å². The third-order valence-corrected chi connectivity index (χ3v) is 5.07. The van der Waals surface area contributed by atoms with Crippen molar-refractivity contribution in [2.24, 2.45) is 0 Å². The van der Waals surface area contributed by atoms with Crippen LogP contribution in [0.1, 0.15) is 41.0 Å². The van der Waals surface area contributed by atoms with E-state index in [1.807, 2.05) is 46.8 Å². The lowest BCUT2D eigenvalue weighted by Crippen LogP contribution is -2.41. The van der Waals surface area contributed by atoms with Crippen LogP contribution in [0.2, 0.25) is 0 Å². The lowest BCUT2D eigenvalue weighted by atomic mass is 9.79. The fourth-order valence-electron chi connectivity index (χ4n) is 2.87. The molecule has 1 aromatic rings.